The lowest BCUT2D eigenvalue weighted by Crippen LogP contribution is -2.50. The number of pyridine rings is 2. The first-order valence-corrected chi connectivity index (χ1v) is 14.7. The van der Waals surface area contributed by atoms with Crippen LogP contribution < -0.4 is 10.5 Å². The summed E-state index contributed by atoms with van der Waals surface area (Å²) in [5, 5.41) is 10.2. The fourth-order valence-electron chi connectivity index (χ4n) is 6.18. The molecule has 3 N–H and O–H groups in total. The first kappa shape index (κ1) is 28.4. The smallest absolute Gasteiger partial charge is 0.254 e. The second kappa shape index (κ2) is 10.9. The minimum Gasteiger partial charge on any atom is -0.494 e. The normalized spacial score (nSPS) is 18.8. The number of hydrogen-bond donors (Lipinski definition) is 2. The zero-order chi connectivity index (χ0) is 30.7. The number of aliphatic hydroxyl groups is 1. The van der Waals surface area contributed by atoms with Crippen molar-refractivity contribution in [1.82, 2.24) is 29.0 Å². The molecule has 12 heteroatoms. The van der Waals surface area contributed by atoms with Crippen LogP contribution in [-0.4, -0.2) is 72.4 Å². The Morgan fingerprint density at radius 3 is 2.68 bits per heavy atom. The molecule has 44 heavy (non-hydrogen) atoms. The molecule has 10 nitrogen and oxygen atoms in total. The number of benzene rings is 1. The first-order chi connectivity index (χ1) is 21.2. The summed E-state index contributed by atoms with van der Waals surface area (Å²) in [6, 6.07) is 10.1. The Hall–Kier alpha value is -4.42. The summed E-state index contributed by atoms with van der Waals surface area (Å²) in [4.78, 5) is 28.8. The van der Waals surface area contributed by atoms with E-state index >= 15 is 0 Å². The van der Waals surface area contributed by atoms with E-state index < -0.39 is 24.6 Å². The molecule has 2 atom stereocenters. The first-order valence-electron chi connectivity index (χ1n) is 14.7. The van der Waals surface area contributed by atoms with E-state index in [1.54, 1.807) is 19.2 Å². The van der Waals surface area contributed by atoms with Crippen LogP contribution in [0.2, 0.25) is 0 Å². The maximum Gasteiger partial charge on any atom is 0.254 e. The maximum absolute atomic E-state index is 14.4. The van der Waals surface area contributed by atoms with Gasteiger partial charge in [-0.25, -0.2) is 18.7 Å². The topological polar surface area (TPSA) is 124 Å². The van der Waals surface area contributed by atoms with Gasteiger partial charge in [0.15, 0.2) is 5.82 Å². The summed E-state index contributed by atoms with van der Waals surface area (Å²) in [6.45, 7) is 0.562. The van der Waals surface area contributed by atoms with E-state index in [9.17, 15) is 18.7 Å². The van der Waals surface area contributed by atoms with Crippen LogP contribution in [0.3, 0.4) is 0 Å². The number of nitrogens with zero attached hydrogens (tertiary/aromatic N) is 6. The Labute approximate surface area is 252 Å². The van der Waals surface area contributed by atoms with Crippen LogP contribution in [0.1, 0.15) is 35.3 Å². The van der Waals surface area contributed by atoms with Crippen LogP contribution >= 0.6 is 0 Å². The number of alkyl halides is 1. The Morgan fingerprint density at radius 1 is 1.16 bits per heavy atom. The predicted octanol–water partition coefficient (Wildman–Crippen LogP) is 4.21. The van der Waals surface area contributed by atoms with Gasteiger partial charge in [0.1, 0.15) is 34.6 Å². The van der Waals surface area contributed by atoms with E-state index in [0.29, 0.717) is 39.8 Å². The number of aromatic nitrogens is 5. The average molecular weight is 602 g/mol. The molecule has 5 heterocycles. The molecule has 4 aromatic heterocycles. The fourth-order valence-corrected chi connectivity index (χ4v) is 6.18. The number of ether oxygens (including phenoxy) is 1. The van der Waals surface area contributed by atoms with Gasteiger partial charge in [-0.2, -0.15) is 0 Å². The molecule has 1 saturated heterocycles. The quantitative estimate of drug-likeness (QED) is 0.286. The number of carbonyl (C=O) groups is 1. The average Bonchev–Trinajstić information content (AvgIpc) is 3.68. The van der Waals surface area contributed by atoms with E-state index in [2.05, 4.69) is 9.55 Å². The second-order valence-corrected chi connectivity index (χ2v) is 11.8. The van der Waals surface area contributed by atoms with E-state index in [0.717, 1.165) is 41.6 Å². The molecule has 1 amide bonds. The zero-order valence-corrected chi connectivity index (χ0v) is 24.5. The number of piperidine rings is 1. The minimum absolute atomic E-state index is 0.00486. The summed E-state index contributed by atoms with van der Waals surface area (Å²) in [5.74, 6) is 0.775. The summed E-state index contributed by atoms with van der Waals surface area (Å²) in [7, 11) is 3.45. The lowest BCUT2D eigenvalue weighted by atomic mass is 10.0. The van der Waals surface area contributed by atoms with E-state index in [-0.39, 0.29) is 31.1 Å². The van der Waals surface area contributed by atoms with Gasteiger partial charge in [0.05, 0.1) is 37.2 Å². The van der Waals surface area contributed by atoms with Crippen molar-refractivity contribution in [3.8, 4) is 28.5 Å². The third kappa shape index (κ3) is 4.97. The van der Waals surface area contributed by atoms with E-state index in [1.807, 2.05) is 29.8 Å². The number of fused-ring (bicyclic) bond motifs is 2. The van der Waals surface area contributed by atoms with Crippen molar-refractivity contribution in [3.05, 3.63) is 59.7 Å². The van der Waals surface area contributed by atoms with Gasteiger partial charge < -0.3 is 29.6 Å². The molecule has 0 bridgehead atoms. The van der Waals surface area contributed by atoms with Gasteiger partial charge in [-0.15, -0.1) is 0 Å². The van der Waals surface area contributed by atoms with Crippen LogP contribution in [0.4, 0.5) is 8.78 Å². The van der Waals surface area contributed by atoms with Gasteiger partial charge in [0.2, 0.25) is 0 Å². The number of hydrogen-bond acceptors (Lipinski definition) is 7. The number of methoxy groups -OCH3 is 1. The van der Waals surface area contributed by atoms with Crippen molar-refractivity contribution in [2.75, 3.05) is 20.2 Å². The molecular formula is C32H33F2N7O3. The Balaban J connectivity index is 1.33. The van der Waals surface area contributed by atoms with Crippen molar-refractivity contribution in [2.24, 2.45) is 18.7 Å². The molecule has 1 saturated carbocycles. The van der Waals surface area contributed by atoms with Gasteiger partial charge in [0.25, 0.3) is 5.91 Å². The highest BCUT2D eigenvalue weighted by molar-refractivity contribution is 6.00. The highest BCUT2D eigenvalue weighted by atomic mass is 19.1. The van der Waals surface area contributed by atoms with Crippen molar-refractivity contribution < 1.29 is 23.4 Å². The van der Waals surface area contributed by atoms with Crippen molar-refractivity contribution >= 4 is 28.0 Å². The lowest BCUT2D eigenvalue weighted by molar-refractivity contribution is 0.0606. The predicted molar refractivity (Wildman–Crippen MR) is 161 cm³/mol. The summed E-state index contributed by atoms with van der Waals surface area (Å²) >= 11 is 0. The van der Waals surface area contributed by atoms with Gasteiger partial charge in [-0.1, -0.05) is 0 Å². The number of aliphatic hydroxyl groups excluding tert-OH is 1. The zero-order valence-electron chi connectivity index (χ0n) is 24.5. The highest BCUT2D eigenvalue weighted by Crippen LogP contribution is 2.38. The largest absolute Gasteiger partial charge is 0.494 e. The molecule has 228 valence electrons. The van der Waals surface area contributed by atoms with Crippen molar-refractivity contribution in [2.45, 2.75) is 44.6 Å². The van der Waals surface area contributed by atoms with E-state index in [4.69, 9.17) is 20.4 Å². The monoisotopic (exact) mass is 601 g/mol. The third-order valence-electron chi connectivity index (χ3n) is 8.59. The highest BCUT2D eigenvalue weighted by Gasteiger charge is 2.30. The molecule has 7 rings (SSSR count). The maximum atomic E-state index is 14.4. The Bertz CT molecular complexity index is 1910. The molecular weight excluding hydrogens is 568 g/mol. The van der Waals surface area contributed by atoms with Crippen LogP contribution in [0.25, 0.3) is 44.8 Å². The molecule has 2 fully saturated rings. The minimum atomic E-state index is -1.16. The van der Waals surface area contributed by atoms with Gasteiger partial charge in [-0.05, 0) is 61.6 Å². The molecule has 1 aromatic carbocycles. The van der Waals surface area contributed by atoms with Crippen molar-refractivity contribution in [3.63, 3.8) is 0 Å². The number of likely N-dealkylation sites (tertiary alicyclic amines) is 1. The number of nitrogens with two attached hydrogens (primary N) is 1. The lowest BCUT2D eigenvalue weighted by Gasteiger charge is -2.33. The van der Waals surface area contributed by atoms with Crippen LogP contribution in [0.5, 0.6) is 5.75 Å². The van der Waals surface area contributed by atoms with Gasteiger partial charge in [-0.3, -0.25) is 9.78 Å². The SMILES string of the molecule is COc1cc(C(=O)N2C[C@H](N)C[C@@H](F)C2)cc2nc(-c3cc4ccc(-c5cnc(CO)c(F)c5)nc4n3CC3CC3)n(C)c12. The Kier molecular flexibility index (Phi) is 7.05. The van der Waals surface area contributed by atoms with Crippen LogP contribution in [0, 0.1) is 11.7 Å². The summed E-state index contributed by atoms with van der Waals surface area (Å²) in [5.41, 5.74) is 10.3. The summed E-state index contributed by atoms with van der Waals surface area (Å²) < 4.78 is 38.5. The molecule has 1 aliphatic heterocycles. The Morgan fingerprint density at radius 2 is 1.98 bits per heavy atom. The van der Waals surface area contributed by atoms with E-state index in [1.165, 1.54) is 17.2 Å². The van der Waals surface area contributed by atoms with Gasteiger partial charge in [0, 0.05) is 48.9 Å². The molecule has 1 aliphatic carbocycles. The fraction of sp³-hybridized carbons (Fsp3) is 0.375. The number of amides is 1. The van der Waals surface area contributed by atoms with Crippen LogP contribution in [-0.2, 0) is 20.2 Å². The molecule has 0 radical (unpaired) electrons. The number of carbonyl (C=O) groups excluding carboxylic acids is 1. The standard InChI is InChI=1S/C32H33F2N7O3/c1-39-29-25(8-19(10-28(29)44-2)32(43)40-14-21(33)11-22(35)15-40)38-31(39)27-9-18-5-6-24(20-7-23(34)26(16-42)36-12-20)37-30(18)41(27)13-17-3-4-17/h5-10,12,17,21-22,42H,3-4,11,13-16,35H2,1-2H3/t21-,22-/m1/s1. The number of imidazole rings is 1. The number of halogens is 2. The van der Waals surface area contributed by atoms with Crippen LogP contribution in [0.15, 0.2) is 42.6 Å². The number of rotatable bonds is 7. The third-order valence-corrected chi connectivity index (χ3v) is 8.59. The van der Waals surface area contributed by atoms with Gasteiger partial charge >= 0.3 is 0 Å². The summed E-state index contributed by atoms with van der Waals surface area (Å²) in [6.07, 6.45) is 2.84. The molecule has 0 unspecified atom stereocenters. The molecule has 2 aliphatic rings. The molecule has 5 aromatic rings. The number of aryl methyl sites for hydroxylation is 1. The molecule has 0 spiro atoms. The van der Waals surface area contributed by atoms with Crippen molar-refractivity contribution in [1.29, 1.82) is 0 Å². The second-order valence-electron chi connectivity index (χ2n) is 11.8.